The fourth-order valence-corrected chi connectivity index (χ4v) is 4.07. The van der Waals surface area contributed by atoms with Crippen molar-refractivity contribution in [1.82, 2.24) is 9.55 Å². The minimum absolute atomic E-state index is 0.786. The van der Waals surface area contributed by atoms with Gasteiger partial charge in [0.05, 0.1) is 11.0 Å². The Bertz CT molecular complexity index is 643. The van der Waals surface area contributed by atoms with E-state index in [1.807, 2.05) is 0 Å². The van der Waals surface area contributed by atoms with E-state index >= 15 is 0 Å². The van der Waals surface area contributed by atoms with Gasteiger partial charge in [0.15, 0.2) is 4.77 Å². The highest BCUT2D eigenvalue weighted by atomic mass is 127. The van der Waals surface area contributed by atoms with Gasteiger partial charge in [-0.3, -0.25) is 0 Å². The van der Waals surface area contributed by atoms with E-state index in [0.717, 1.165) is 23.2 Å². The van der Waals surface area contributed by atoms with Gasteiger partial charge in [-0.25, -0.2) is 0 Å². The molecule has 4 heteroatoms. The maximum Gasteiger partial charge on any atom is 0.178 e. The molecule has 102 valence electrons. The number of H-pyrrole nitrogens is 1. The molecule has 2 atom stereocenters. The molecule has 0 radical (unpaired) electrons. The van der Waals surface area contributed by atoms with Gasteiger partial charge >= 0.3 is 0 Å². The van der Waals surface area contributed by atoms with Gasteiger partial charge in [0.2, 0.25) is 0 Å². The first-order chi connectivity index (χ1) is 9.13. The Kier molecular flexibility index (Phi) is 3.98. The third kappa shape index (κ3) is 2.89. The number of fused-ring (bicyclic) bond motifs is 1. The van der Waals surface area contributed by atoms with Crippen molar-refractivity contribution in [3.8, 4) is 0 Å². The molecule has 1 aliphatic rings. The number of hydrogen-bond donors (Lipinski definition) is 1. The van der Waals surface area contributed by atoms with Crippen LogP contribution >= 0.6 is 34.8 Å². The summed E-state index contributed by atoms with van der Waals surface area (Å²) in [7, 11) is 0. The largest absolute Gasteiger partial charge is 0.331 e. The Labute approximate surface area is 132 Å². The molecule has 1 aliphatic carbocycles. The number of halogens is 1. The van der Waals surface area contributed by atoms with Crippen LogP contribution < -0.4 is 0 Å². The highest BCUT2D eigenvalue weighted by Gasteiger charge is 2.20. The lowest BCUT2D eigenvalue weighted by Crippen LogP contribution is -2.18. The first kappa shape index (κ1) is 13.6. The van der Waals surface area contributed by atoms with Gasteiger partial charge in [0, 0.05) is 10.1 Å². The Morgan fingerprint density at radius 3 is 3.05 bits per heavy atom. The first-order valence-corrected chi connectivity index (χ1v) is 8.50. The second-order valence-electron chi connectivity index (χ2n) is 5.84. The van der Waals surface area contributed by atoms with Crippen LogP contribution in [0.5, 0.6) is 0 Å². The SMILES string of the molecule is CC1CCCC(Cn2c(=S)[nH]c3cc(I)ccc32)C1. The third-order valence-corrected chi connectivity index (χ3v) is 5.22. The fraction of sp³-hybridized carbons (Fsp3) is 0.533. The number of nitrogens with one attached hydrogen (secondary N) is 1. The van der Waals surface area contributed by atoms with Crippen LogP contribution in [0.2, 0.25) is 0 Å². The molecule has 0 spiro atoms. The topological polar surface area (TPSA) is 20.7 Å². The van der Waals surface area contributed by atoms with Gasteiger partial charge < -0.3 is 9.55 Å². The lowest BCUT2D eigenvalue weighted by molar-refractivity contribution is 0.258. The zero-order chi connectivity index (χ0) is 13.4. The van der Waals surface area contributed by atoms with Gasteiger partial charge in [-0.15, -0.1) is 0 Å². The van der Waals surface area contributed by atoms with E-state index in [2.05, 4.69) is 57.3 Å². The second-order valence-corrected chi connectivity index (χ2v) is 7.47. The molecule has 3 rings (SSSR count). The molecular formula is C15H19IN2S. The maximum atomic E-state index is 5.50. The average molecular weight is 386 g/mol. The number of rotatable bonds is 2. The summed E-state index contributed by atoms with van der Waals surface area (Å²) < 4.78 is 4.42. The van der Waals surface area contributed by atoms with Gasteiger partial charge in [-0.2, -0.15) is 0 Å². The molecule has 19 heavy (non-hydrogen) atoms. The van der Waals surface area contributed by atoms with E-state index in [1.54, 1.807) is 0 Å². The molecule has 1 aromatic heterocycles. The molecule has 2 aromatic rings. The number of aromatic nitrogens is 2. The molecule has 1 N–H and O–H groups in total. The molecule has 2 nitrogen and oxygen atoms in total. The third-order valence-electron chi connectivity index (χ3n) is 4.22. The van der Waals surface area contributed by atoms with E-state index in [-0.39, 0.29) is 0 Å². The highest BCUT2D eigenvalue weighted by Crippen LogP contribution is 2.30. The Morgan fingerprint density at radius 2 is 2.26 bits per heavy atom. The standard InChI is InChI=1S/C15H19IN2S/c1-10-3-2-4-11(7-10)9-18-14-6-5-12(16)8-13(14)17-15(18)19/h5-6,8,10-11H,2-4,7,9H2,1H3,(H,17,19). The smallest absolute Gasteiger partial charge is 0.178 e. The second kappa shape index (κ2) is 5.56. The van der Waals surface area contributed by atoms with Crippen LogP contribution in [0.1, 0.15) is 32.6 Å². The summed E-state index contributed by atoms with van der Waals surface area (Å²) >= 11 is 7.84. The van der Waals surface area contributed by atoms with E-state index in [4.69, 9.17) is 12.2 Å². The summed E-state index contributed by atoms with van der Waals surface area (Å²) in [6, 6.07) is 6.52. The molecule has 0 saturated heterocycles. The van der Waals surface area contributed by atoms with Crippen molar-refractivity contribution in [2.24, 2.45) is 11.8 Å². The maximum absolute atomic E-state index is 5.50. The molecule has 0 bridgehead atoms. The number of hydrogen-bond acceptors (Lipinski definition) is 1. The Balaban J connectivity index is 1.92. The van der Waals surface area contributed by atoms with Crippen molar-refractivity contribution >= 4 is 45.8 Å². The predicted molar refractivity (Wildman–Crippen MR) is 91.0 cm³/mol. The molecule has 0 amide bonds. The summed E-state index contributed by atoms with van der Waals surface area (Å²) in [5.41, 5.74) is 2.42. The highest BCUT2D eigenvalue weighted by molar-refractivity contribution is 14.1. The van der Waals surface area contributed by atoms with Crippen LogP contribution in [0.25, 0.3) is 11.0 Å². The monoisotopic (exact) mass is 386 g/mol. The van der Waals surface area contributed by atoms with E-state index in [1.165, 1.54) is 40.3 Å². The van der Waals surface area contributed by atoms with Gasteiger partial charge in [-0.05, 0) is 77.7 Å². The molecule has 0 aliphatic heterocycles. The molecule has 1 saturated carbocycles. The van der Waals surface area contributed by atoms with Crippen LogP contribution in [-0.2, 0) is 6.54 Å². The average Bonchev–Trinajstić information content (AvgIpc) is 2.65. The minimum Gasteiger partial charge on any atom is -0.331 e. The lowest BCUT2D eigenvalue weighted by atomic mass is 9.82. The van der Waals surface area contributed by atoms with E-state index < -0.39 is 0 Å². The van der Waals surface area contributed by atoms with Crippen LogP contribution in [-0.4, -0.2) is 9.55 Å². The summed E-state index contributed by atoms with van der Waals surface area (Å²) in [6.07, 6.45) is 5.47. The van der Waals surface area contributed by atoms with Crippen LogP contribution in [0.4, 0.5) is 0 Å². The zero-order valence-electron chi connectivity index (χ0n) is 11.2. The van der Waals surface area contributed by atoms with Crippen molar-refractivity contribution < 1.29 is 0 Å². The molecule has 1 fully saturated rings. The Hall–Kier alpha value is -0.360. The molecule has 2 unspecified atom stereocenters. The summed E-state index contributed by atoms with van der Waals surface area (Å²) in [5, 5.41) is 0. The van der Waals surface area contributed by atoms with Crippen molar-refractivity contribution in [2.45, 2.75) is 39.2 Å². The van der Waals surface area contributed by atoms with Gasteiger partial charge in [0.25, 0.3) is 0 Å². The minimum atomic E-state index is 0.786. The fourth-order valence-electron chi connectivity index (χ4n) is 3.30. The number of imidazole rings is 1. The van der Waals surface area contributed by atoms with Crippen LogP contribution in [0, 0.1) is 20.2 Å². The van der Waals surface area contributed by atoms with Gasteiger partial charge in [0.1, 0.15) is 0 Å². The van der Waals surface area contributed by atoms with Crippen molar-refractivity contribution in [2.75, 3.05) is 0 Å². The zero-order valence-corrected chi connectivity index (χ0v) is 14.1. The van der Waals surface area contributed by atoms with Crippen molar-refractivity contribution in [3.63, 3.8) is 0 Å². The van der Waals surface area contributed by atoms with Crippen molar-refractivity contribution in [1.29, 1.82) is 0 Å². The quantitative estimate of drug-likeness (QED) is 0.561. The molecular weight excluding hydrogens is 367 g/mol. The predicted octanol–water partition coefficient (Wildman–Crippen LogP) is 5.13. The normalized spacial score (nSPS) is 23.9. The summed E-state index contributed by atoms with van der Waals surface area (Å²) in [5.74, 6) is 1.66. The number of benzene rings is 1. The number of nitrogens with zero attached hydrogens (tertiary/aromatic N) is 1. The Morgan fingerprint density at radius 1 is 1.42 bits per heavy atom. The molecule has 1 heterocycles. The summed E-state index contributed by atoms with van der Waals surface area (Å²) in [4.78, 5) is 3.34. The van der Waals surface area contributed by atoms with Gasteiger partial charge in [-0.1, -0.05) is 19.8 Å². The summed E-state index contributed by atoms with van der Waals surface area (Å²) in [6.45, 7) is 3.45. The molecule has 1 aromatic carbocycles. The van der Waals surface area contributed by atoms with E-state index in [9.17, 15) is 0 Å². The van der Waals surface area contributed by atoms with Crippen molar-refractivity contribution in [3.05, 3.63) is 26.5 Å². The lowest BCUT2D eigenvalue weighted by Gasteiger charge is -2.27. The van der Waals surface area contributed by atoms with E-state index in [0.29, 0.717) is 0 Å². The van der Waals surface area contributed by atoms with Crippen LogP contribution in [0.3, 0.4) is 0 Å². The van der Waals surface area contributed by atoms with Crippen LogP contribution in [0.15, 0.2) is 18.2 Å². The first-order valence-electron chi connectivity index (χ1n) is 7.01. The number of aromatic amines is 1.